The van der Waals surface area contributed by atoms with Crippen LogP contribution in [0.15, 0.2) is 47.3 Å². The fourth-order valence-corrected chi connectivity index (χ4v) is 3.54. The molecule has 2 heterocycles. The van der Waals surface area contributed by atoms with Crippen molar-refractivity contribution in [2.75, 3.05) is 0 Å². The molecule has 0 amide bonds. The largest absolute Gasteiger partial charge is 0.459 e. The Bertz CT molecular complexity index is 806. The van der Waals surface area contributed by atoms with Crippen LogP contribution >= 0.6 is 0 Å². The SMILES string of the molecule is CC(C)OC(=O)C1=C(N)OC2=C(C(=O)CC(C)(C)C2)C1c1cccnc1. The van der Waals surface area contributed by atoms with Crippen molar-refractivity contribution in [1.29, 1.82) is 0 Å². The number of esters is 1. The molecule has 6 heteroatoms. The van der Waals surface area contributed by atoms with Crippen molar-refractivity contribution in [3.05, 3.63) is 52.9 Å². The highest BCUT2D eigenvalue weighted by Crippen LogP contribution is 2.48. The summed E-state index contributed by atoms with van der Waals surface area (Å²) in [5.41, 5.74) is 7.27. The summed E-state index contributed by atoms with van der Waals surface area (Å²) < 4.78 is 11.1. The molecule has 0 saturated carbocycles. The van der Waals surface area contributed by atoms with Gasteiger partial charge in [0.15, 0.2) is 5.78 Å². The molecule has 1 unspecified atom stereocenters. The van der Waals surface area contributed by atoms with E-state index in [-0.39, 0.29) is 28.8 Å². The van der Waals surface area contributed by atoms with Gasteiger partial charge in [0.25, 0.3) is 0 Å². The van der Waals surface area contributed by atoms with Crippen molar-refractivity contribution >= 4 is 11.8 Å². The van der Waals surface area contributed by atoms with E-state index in [2.05, 4.69) is 4.98 Å². The van der Waals surface area contributed by atoms with Gasteiger partial charge in [0.2, 0.25) is 5.88 Å². The molecule has 1 atom stereocenters. The molecule has 2 aliphatic rings. The number of nitrogens with two attached hydrogens (primary N) is 1. The lowest BCUT2D eigenvalue weighted by molar-refractivity contribution is -0.143. The molecule has 1 aliphatic heterocycles. The summed E-state index contributed by atoms with van der Waals surface area (Å²) in [5, 5.41) is 0. The summed E-state index contributed by atoms with van der Waals surface area (Å²) in [6.45, 7) is 7.55. The second kappa shape index (κ2) is 6.59. The molecule has 1 aliphatic carbocycles. The fraction of sp³-hybridized carbons (Fsp3) is 0.450. The number of hydrogen-bond donors (Lipinski definition) is 1. The summed E-state index contributed by atoms with van der Waals surface area (Å²) in [6.07, 6.45) is 3.94. The maximum Gasteiger partial charge on any atom is 0.340 e. The predicted octanol–water partition coefficient (Wildman–Crippen LogP) is 2.96. The Kier molecular flexibility index (Phi) is 4.61. The first-order valence-electron chi connectivity index (χ1n) is 8.74. The smallest absolute Gasteiger partial charge is 0.340 e. The summed E-state index contributed by atoms with van der Waals surface area (Å²) in [4.78, 5) is 29.8. The highest BCUT2D eigenvalue weighted by molar-refractivity contribution is 6.03. The van der Waals surface area contributed by atoms with Crippen molar-refractivity contribution in [2.45, 2.75) is 52.6 Å². The number of carbonyl (C=O) groups is 2. The third-order valence-electron chi connectivity index (χ3n) is 4.54. The Hall–Kier alpha value is -2.63. The molecule has 0 fully saturated rings. The number of ketones is 1. The first-order valence-corrected chi connectivity index (χ1v) is 8.74. The zero-order chi connectivity index (χ0) is 19.1. The highest BCUT2D eigenvalue weighted by atomic mass is 16.5. The average molecular weight is 356 g/mol. The van der Waals surface area contributed by atoms with Crippen LogP contribution in [-0.2, 0) is 19.1 Å². The van der Waals surface area contributed by atoms with Crippen molar-refractivity contribution in [3.63, 3.8) is 0 Å². The number of pyridine rings is 1. The molecule has 0 spiro atoms. The molecule has 2 N–H and O–H groups in total. The number of Topliss-reactive ketones (excluding diaryl/α,β-unsaturated/α-hetero) is 1. The van der Waals surface area contributed by atoms with E-state index in [4.69, 9.17) is 15.2 Å². The van der Waals surface area contributed by atoms with Crippen LogP contribution in [0.2, 0.25) is 0 Å². The third-order valence-corrected chi connectivity index (χ3v) is 4.54. The molecular weight excluding hydrogens is 332 g/mol. The van der Waals surface area contributed by atoms with Crippen LogP contribution in [0.25, 0.3) is 0 Å². The van der Waals surface area contributed by atoms with Crippen molar-refractivity contribution < 1.29 is 19.1 Å². The lowest BCUT2D eigenvalue weighted by Gasteiger charge is -2.37. The molecule has 26 heavy (non-hydrogen) atoms. The Labute approximate surface area is 153 Å². The molecule has 1 aromatic rings. The minimum absolute atomic E-state index is 0.00578. The normalized spacial score (nSPS) is 22.2. The molecule has 138 valence electrons. The summed E-state index contributed by atoms with van der Waals surface area (Å²) >= 11 is 0. The predicted molar refractivity (Wildman–Crippen MR) is 95.6 cm³/mol. The number of hydrogen-bond acceptors (Lipinski definition) is 6. The molecule has 1 aromatic heterocycles. The lowest BCUT2D eigenvalue weighted by Crippen LogP contribution is -2.36. The molecule has 0 saturated heterocycles. The number of allylic oxidation sites excluding steroid dienone is 2. The van der Waals surface area contributed by atoms with Crippen LogP contribution in [0.5, 0.6) is 0 Å². The van der Waals surface area contributed by atoms with Gasteiger partial charge >= 0.3 is 5.97 Å². The molecule has 0 aromatic carbocycles. The maximum atomic E-state index is 13.0. The zero-order valence-electron chi connectivity index (χ0n) is 15.5. The van der Waals surface area contributed by atoms with Crippen LogP contribution in [0.4, 0.5) is 0 Å². The number of nitrogens with zero attached hydrogens (tertiary/aromatic N) is 1. The molecule has 6 nitrogen and oxygen atoms in total. The van der Waals surface area contributed by atoms with Crippen molar-refractivity contribution in [3.8, 4) is 0 Å². The average Bonchev–Trinajstić information content (AvgIpc) is 2.52. The van der Waals surface area contributed by atoms with E-state index in [1.54, 1.807) is 32.3 Å². The Morgan fingerprint density at radius 2 is 2.12 bits per heavy atom. The monoisotopic (exact) mass is 356 g/mol. The van der Waals surface area contributed by atoms with Gasteiger partial charge < -0.3 is 15.2 Å². The van der Waals surface area contributed by atoms with Crippen LogP contribution < -0.4 is 5.73 Å². The number of rotatable bonds is 3. The Morgan fingerprint density at radius 3 is 2.73 bits per heavy atom. The number of aromatic nitrogens is 1. The Balaban J connectivity index is 2.14. The minimum Gasteiger partial charge on any atom is -0.459 e. The quantitative estimate of drug-likeness (QED) is 0.837. The van der Waals surface area contributed by atoms with Gasteiger partial charge in [0.05, 0.1) is 12.0 Å². The van der Waals surface area contributed by atoms with E-state index in [0.29, 0.717) is 24.2 Å². The lowest BCUT2D eigenvalue weighted by atomic mass is 9.70. The summed E-state index contributed by atoms with van der Waals surface area (Å²) in [7, 11) is 0. The van der Waals surface area contributed by atoms with E-state index >= 15 is 0 Å². The van der Waals surface area contributed by atoms with E-state index in [1.165, 1.54) is 0 Å². The van der Waals surface area contributed by atoms with Crippen molar-refractivity contribution in [1.82, 2.24) is 4.98 Å². The molecule has 3 rings (SSSR count). The highest BCUT2D eigenvalue weighted by Gasteiger charge is 2.45. The van der Waals surface area contributed by atoms with Gasteiger partial charge in [-0.1, -0.05) is 19.9 Å². The Morgan fingerprint density at radius 1 is 1.38 bits per heavy atom. The van der Waals surface area contributed by atoms with Crippen LogP contribution in [-0.4, -0.2) is 22.8 Å². The zero-order valence-corrected chi connectivity index (χ0v) is 15.5. The first kappa shape index (κ1) is 18.2. The summed E-state index contributed by atoms with van der Waals surface area (Å²) in [5.74, 6) is -0.697. The van der Waals surface area contributed by atoms with Gasteiger partial charge in [-0.25, -0.2) is 4.79 Å². The summed E-state index contributed by atoms with van der Waals surface area (Å²) in [6, 6.07) is 3.60. The van der Waals surface area contributed by atoms with Gasteiger partial charge in [-0.2, -0.15) is 0 Å². The topological polar surface area (TPSA) is 91.5 Å². The van der Waals surface area contributed by atoms with Crippen LogP contribution in [0.1, 0.15) is 52.0 Å². The van der Waals surface area contributed by atoms with E-state index in [1.807, 2.05) is 19.9 Å². The minimum atomic E-state index is -0.623. The van der Waals surface area contributed by atoms with Gasteiger partial charge in [0, 0.05) is 30.8 Å². The molecular formula is C20H24N2O4. The number of ether oxygens (including phenoxy) is 2. The third kappa shape index (κ3) is 3.36. The van der Waals surface area contributed by atoms with Crippen LogP contribution in [0, 0.1) is 5.41 Å². The van der Waals surface area contributed by atoms with Gasteiger partial charge in [-0.3, -0.25) is 9.78 Å². The van der Waals surface area contributed by atoms with Crippen LogP contribution in [0.3, 0.4) is 0 Å². The second-order valence-corrected chi connectivity index (χ2v) is 7.83. The fourth-order valence-electron chi connectivity index (χ4n) is 3.54. The van der Waals surface area contributed by atoms with Crippen molar-refractivity contribution in [2.24, 2.45) is 11.1 Å². The van der Waals surface area contributed by atoms with E-state index in [9.17, 15) is 9.59 Å². The standard InChI is InChI=1S/C20H24N2O4/c1-11(2)25-19(24)17-15(12-6-5-7-22-10-12)16-13(23)8-20(3,4)9-14(16)26-18(17)21/h5-7,10-11,15H,8-9,21H2,1-4H3. The second-order valence-electron chi connectivity index (χ2n) is 7.83. The van der Waals surface area contributed by atoms with Gasteiger partial charge in [0.1, 0.15) is 11.3 Å². The van der Waals surface area contributed by atoms with Gasteiger partial charge in [-0.15, -0.1) is 0 Å². The van der Waals surface area contributed by atoms with Gasteiger partial charge in [-0.05, 0) is 30.9 Å². The maximum absolute atomic E-state index is 13.0. The first-order chi connectivity index (χ1) is 12.2. The molecule has 0 radical (unpaired) electrons. The van der Waals surface area contributed by atoms with E-state index < -0.39 is 11.9 Å². The molecule has 0 bridgehead atoms. The van der Waals surface area contributed by atoms with E-state index in [0.717, 1.165) is 5.56 Å². The number of carbonyl (C=O) groups excluding carboxylic acids is 2.